The third-order valence-corrected chi connectivity index (χ3v) is 14.2. The Labute approximate surface area is 399 Å². The Kier molecular flexibility index (Phi) is 8.90. The molecule has 14 aromatic rings. The van der Waals surface area contributed by atoms with Crippen molar-refractivity contribution >= 4 is 75.1 Å². The lowest BCUT2D eigenvalue weighted by Gasteiger charge is -2.13. The second kappa shape index (κ2) is 15.7. The molecule has 0 N–H and O–H groups in total. The summed E-state index contributed by atoms with van der Waals surface area (Å²) in [5, 5.41) is 7.00. The van der Waals surface area contributed by atoms with Gasteiger partial charge < -0.3 is 4.57 Å². The molecule has 0 fully saturated rings. The van der Waals surface area contributed by atoms with Gasteiger partial charge in [-0.25, -0.2) is 19.9 Å². The average molecular weight is 901 g/mol. The van der Waals surface area contributed by atoms with Gasteiger partial charge in [0.25, 0.3) is 0 Å². The van der Waals surface area contributed by atoms with Crippen LogP contribution in [-0.4, -0.2) is 39.0 Å². The molecule has 0 aliphatic heterocycles. The molecule has 9 aromatic carbocycles. The first kappa shape index (κ1) is 39.0. The molecule has 69 heavy (non-hydrogen) atoms. The quantitative estimate of drug-likeness (QED) is 0.158. The van der Waals surface area contributed by atoms with Gasteiger partial charge in [-0.15, -0.1) is 11.3 Å². The molecule has 5 aromatic heterocycles. The van der Waals surface area contributed by atoms with Crippen molar-refractivity contribution in [2.24, 2.45) is 0 Å². The van der Waals surface area contributed by atoms with Gasteiger partial charge in [0.1, 0.15) is 0 Å². The van der Waals surface area contributed by atoms with Gasteiger partial charge in [0.15, 0.2) is 29.1 Å². The fraction of sp³-hybridized carbons (Fsp3) is 0. The van der Waals surface area contributed by atoms with Crippen molar-refractivity contribution in [2.45, 2.75) is 0 Å². The summed E-state index contributed by atoms with van der Waals surface area (Å²) in [6, 6.07) is 75.7. The molecule has 0 atom stereocenters. The normalized spacial score (nSPS) is 11.8. The highest BCUT2D eigenvalue weighted by Gasteiger charge is 2.24. The first-order valence-corrected chi connectivity index (χ1v) is 23.7. The van der Waals surface area contributed by atoms with Gasteiger partial charge in [0, 0.05) is 75.2 Å². The van der Waals surface area contributed by atoms with Crippen molar-refractivity contribution in [3.63, 3.8) is 0 Å². The van der Waals surface area contributed by atoms with Gasteiger partial charge in [0.2, 0.25) is 5.95 Å². The van der Waals surface area contributed by atoms with Gasteiger partial charge in [0.05, 0.1) is 22.1 Å². The lowest BCUT2D eigenvalue weighted by molar-refractivity contribution is 0.953. The number of para-hydroxylation sites is 3. The van der Waals surface area contributed by atoms with Crippen LogP contribution in [0, 0.1) is 0 Å². The van der Waals surface area contributed by atoms with Gasteiger partial charge in [-0.2, -0.15) is 9.97 Å². The van der Waals surface area contributed by atoms with Crippen LogP contribution >= 0.6 is 11.3 Å². The smallest absolute Gasteiger partial charge is 0.238 e. The van der Waals surface area contributed by atoms with Crippen LogP contribution in [0.2, 0.25) is 0 Å². The molecular weight excluding hydrogens is 865 g/mol. The van der Waals surface area contributed by atoms with Crippen molar-refractivity contribution in [3.8, 4) is 68.6 Å². The molecule has 0 bridgehead atoms. The number of fused-ring (bicyclic) bond motifs is 10. The van der Waals surface area contributed by atoms with E-state index in [1.54, 1.807) is 11.3 Å². The third-order valence-electron chi connectivity index (χ3n) is 13.0. The highest BCUT2D eigenvalue weighted by Crippen LogP contribution is 2.42. The monoisotopic (exact) mass is 900 g/mol. The maximum absolute atomic E-state index is 5.43. The van der Waals surface area contributed by atoms with Gasteiger partial charge in [-0.05, 0) is 42.5 Å². The molecule has 8 nitrogen and oxygen atoms in total. The van der Waals surface area contributed by atoms with Crippen molar-refractivity contribution in [3.05, 3.63) is 218 Å². The lowest BCUT2D eigenvalue weighted by atomic mass is 10.1. The van der Waals surface area contributed by atoms with Crippen LogP contribution in [0.15, 0.2) is 218 Å². The summed E-state index contributed by atoms with van der Waals surface area (Å²) in [6.07, 6.45) is 0. The zero-order valence-corrected chi connectivity index (χ0v) is 37.6. The molecule has 0 amide bonds. The Hall–Kier alpha value is -9.18. The fourth-order valence-electron chi connectivity index (χ4n) is 9.88. The van der Waals surface area contributed by atoms with E-state index in [0.717, 1.165) is 71.7 Å². The van der Waals surface area contributed by atoms with E-state index in [1.165, 1.54) is 25.6 Å². The van der Waals surface area contributed by atoms with Crippen LogP contribution in [0.4, 0.5) is 0 Å². The van der Waals surface area contributed by atoms with Gasteiger partial charge >= 0.3 is 0 Å². The molecule has 0 radical (unpaired) electrons. The Balaban J connectivity index is 0.989. The molecule has 0 aliphatic rings. The first-order valence-electron chi connectivity index (χ1n) is 22.9. The van der Waals surface area contributed by atoms with E-state index in [9.17, 15) is 0 Å². The minimum absolute atomic E-state index is 0.512. The predicted octanol–water partition coefficient (Wildman–Crippen LogP) is 15.0. The third kappa shape index (κ3) is 6.43. The van der Waals surface area contributed by atoms with E-state index in [4.69, 9.17) is 29.9 Å². The molecule has 9 heteroatoms. The number of benzene rings is 9. The predicted molar refractivity (Wildman–Crippen MR) is 282 cm³/mol. The summed E-state index contributed by atoms with van der Waals surface area (Å²) < 4.78 is 7.04. The molecule has 322 valence electrons. The van der Waals surface area contributed by atoms with E-state index >= 15 is 0 Å². The highest BCUT2D eigenvalue weighted by atomic mass is 32.1. The fourth-order valence-corrected chi connectivity index (χ4v) is 11.0. The Morgan fingerprint density at radius 3 is 1.32 bits per heavy atom. The van der Waals surface area contributed by atoms with Crippen LogP contribution in [0.1, 0.15) is 0 Å². The number of hydrogen-bond donors (Lipinski definition) is 0. The Morgan fingerprint density at radius 1 is 0.275 bits per heavy atom. The van der Waals surface area contributed by atoms with E-state index in [-0.39, 0.29) is 0 Å². The van der Waals surface area contributed by atoms with Crippen LogP contribution in [-0.2, 0) is 0 Å². The van der Waals surface area contributed by atoms with E-state index in [2.05, 4.69) is 149 Å². The number of nitrogens with zero attached hydrogens (tertiary/aromatic N) is 8. The van der Waals surface area contributed by atoms with Crippen molar-refractivity contribution in [1.82, 2.24) is 39.0 Å². The SMILES string of the molecule is c1ccc(-c2nc(-c3cccc(-c4nc(-c5ccccc5)nc(-n5c6ccccc6c6ccc7c8ccccc8n(-c8ccccc8)c7c65)n4)c3)nc(-c3ccc4c(c3)sc3ccccc34)n2)cc1. The minimum Gasteiger partial charge on any atom is -0.307 e. The number of aromatic nitrogens is 8. The molecular formula is C60H36N8S. The van der Waals surface area contributed by atoms with Crippen LogP contribution in [0.3, 0.4) is 0 Å². The van der Waals surface area contributed by atoms with Crippen LogP contribution in [0.5, 0.6) is 0 Å². The second-order valence-corrected chi connectivity index (χ2v) is 18.2. The molecule has 0 unspecified atom stereocenters. The molecule has 14 rings (SSSR count). The van der Waals surface area contributed by atoms with Crippen molar-refractivity contribution in [1.29, 1.82) is 0 Å². The van der Waals surface area contributed by atoms with Crippen LogP contribution < -0.4 is 0 Å². The van der Waals surface area contributed by atoms with E-state index in [1.807, 2.05) is 78.9 Å². The summed E-state index contributed by atoms with van der Waals surface area (Å²) in [5.74, 6) is 3.34. The topological polar surface area (TPSA) is 87.2 Å². The summed E-state index contributed by atoms with van der Waals surface area (Å²) in [4.78, 5) is 31.4. The molecule has 0 saturated carbocycles. The summed E-state index contributed by atoms with van der Waals surface area (Å²) in [6.45, 7) is 0. The number of rotatable bonds is 7. The average Bonchev–Trinajstić information content (AvgIpc) is 4.09. The zero-order valence-electron chi connectivity index (χ0n) is 36.8. The lowest BCUT2D eigenvalue weighted by Crippen LogP contribution is -2.07. The Morgan fingerprint density at radius 2 is 0.696 bits per heavy atom. The molecule has 5 heterocycles. The second-order valence-electron chi connectivity index (χ2n) is 17.1. The van der Waals surface area contributed by atoms with Crippen molar-refractivity contribution in [2.75, 3.05) is 0 Å². The van der Waals surface area contributed by atoms with E-state index in [0.29, 0.717) is 35.1 Å². The largest absolute Gasteiger partial charge is 0.307 e. The van der Waals surface area contributed by atoms with E-state index < -0.39 is 0 Å². The van der Waals surface area contributed by atoms with Crippen LogP contribution in [0.25, 0.3) is 132 Å². The van der Waals surface area contributed by atoms with Gasteiger partial charge in [-0.3, -0.25) is 4.57 Å². The maximum atomic E-state index is 5.43. The van der Waals surface area contributed by atoms with Gasteiger partial charge in [-0.1, -0.05) is 176 Å². The Bertz CT molecular complexity index is 4310. The molecule has 0 aliphatic carbocycles. The first-order chi connectivity index (χ1) is 34.2. The summed E-state index contributed by atoms with van der Waals surface area (Å²) >= 11 is 1.78. The molecule has 0 saturated heterocycles. The molecule has 0 spiro atoms. The number of hydrogen-bond acceptors (Lipinski definition) is 7. The summed E-state index contributed by atoms with van der Waals surface area (Å²) in [7, 11) is 0. The highest BCUT2D eigenvalue weighted by molar-refractivity contribution is 7.25. The maximum Gasteiger partial charge on any atom is 0.238 e. The summed E-state index contributed by atoms with van der Waals surface area (Å²) in [5.41, 5.74) is 9.60. The van der Waals surface area contributed by atoms with Crippen molar-refractivity contribution < 1.29 is 0 Å². The zero-order chi connectivity index (χ0) is 45.4. The minimum atomic E-state index is 0.512. The standard InChI is InChI=1S/C60H36N8S/c1-4-17-37(18-5-1)55-61-57(64-58(62-55)41-31-32-46-45-27-12-15-30-51(45)69-52(46)36-41)39-21-16-22-40(35-39)59-63-56(38-19-6-2-7-20-38)65-60(66-59)68-50-29-14-11-26-44(50)48-34-33-47-43-25-10-13-28-49(43)67(53(47)54(48)68)42-23-8-3-9-24-42/h1-36H. The number of thiophene rings is 1.